The van der Waals surface area contributed by atoms with Gasteiger partial charge in [0.05, 0.1) is 11.8 Å². The number of hydrogen-bond acceptors (Lipinski definition) is 4. The maximum absolute atomic E-state index is 11.5. The topological polar surface area (TPSA) is 44.8 Å². The highest BCUT2D eigenvalue weighted by Gasteiger charge is 2.71. The van der Waals surface area contributed by atoms with Crippen molar-refractivity contribution in [3.05, 3.63) is 0 Å². The summed E-state index contributed by atoms with van der Waals surface area (Å²) in [4.78, 5) is 11.5. The number of carbonyl (C=O) groups excluding carboxylic acids is 1. The van der Waals surface area contributed by atoms with E-state index in [4.69, 9.17) is 14.2 Å². The van der Waals surface area contributed by atoms with Crippen molar-refractivity contribution < 1.29 is 19.0 Å². The SMILES string of the molecule is COC1(OC)C2CC3OC(=O)C(C2)C31. The predicted octanol–water partition coefficient (Wildman–Crippen LogP) is 0.557. The third kappa shape index (κ3) is 0.718. The van der Waals surface area contributed by atoms with Gasteiger partial charge in [0.2, 0.25) is 0 Å². The molecule has 0 spiro atoms. The Morgan fingerprint density at radius 2 is 2.07 bits per heavy atom. The first kappa shape index (κ1) is 8.68. The van der Waals surface area contributed by atoms with Gasteiger partial charge in [-0.05, 0) is 12.8 Å². The summed E-state index contributed by atoms with van der Waals surface area (Å²) in [5.74, 6) is -0.155. The van der Waals surface area contributed by atoms with Crippen molar-refractivity contribution >= 4 is 5.97 Å². The molecular weight excluding hydrogens is 184 g/mol. The molecule has 0 N–H and O–H groups in total. The van der Waals surface area contributed by atoms with Gasteiger partial charge in [0.15, 0.2) is 5.79 Å². The number of methoxy groups -OCH3 is 2. The van der Waals surface area contributed by atoms with Gasteiger partial charge >= 0.3 is 5.97 Å². The van der Waals surface area contributed by atoms with Crippen LogP contribution in [0.2, 0.25) is 0 Å². The van der Waals surface area contributed by atoms with Crippen LogP contribution in [0.4, 0.5) is 0 Å². The summed E-state index contributed by atoms with van der Waals surface area (Å²) in [7, 11) is 3.31. The zero-order valence-electron chi connectivity index (χ0n) is 8.36. The summed E-state index contributed by atoms with van der Waals surface area (Å²) >= 11 is 0. The first-order chi connectivity index (χ1) is 6.73. The van der Waals surface area contributed by atoms with E-state index in [9.17, 15) is 4.79 Å². The number of rotatable bonds is 2. The Balaban J connectivity index is 2.03. The van der Waals surface area contributed by atoms with Gasteiger partial charge < -0.3 is 14.2 Å². The lowest BCUT2D eigenvalue weighted by atomic mass is 9.90. The summed E-state index contributed by atoms with van der Waals surface area (Å²) in [6.07, 6.45) is 1.79. The van der Waals surface area contributed by atoms with E-state index in [1.54, 1.807) is 14.2 Å². The van der Waals surface area contributed by atoms with Gasteiger partial charge in [-0.3, -0.25) is 4.79 Å². The molecule has 3 aliphatic rings. The van der Waals surface area contributed by atoms with Crippen molar-refractivity contribution in [2.75, 3.05) is 14.2 Å². The molecule has 3 rings (SSSR count). The van der Waals surface area contributed by atoms with Crippen molar-refractivity contribution in [3.63, 3.8) is 0 Å². The molecule has 1 heterocycles. The van der Waals surface area contributed by atoms with Crippen molar-refractivity contribution in [3.8, 4) is 0 Å². The standard InChI is InChI=1S/C10H14O4/c1-12-10(13-2)5-3-6-8(10)7(4-5)14-9(6)11/h5-8H,3-4H2,1-2H3. The van der Waals surface area contributed by atoms with Crippen LogP contribution in [0.3, 0.4) is 0 Å². The predicted molar refractivity (Wildman–Crippen MR) is 46.3 cm³/mol. The molecule has 2 aliphatic carbocycles. The summed E-state index contributed by atoms with van der Waals surface area (Å²) in [5.41, 5.74) is 0. The molecule has 0 amide bonds. The second kappa shape index (κ2) is 2.49. The summed E-state index contributed by atoms with van der Waals surface area (Å²) in [6.45, 7) is 0. The molecule has 0 aromatic rings. The minimum atomic E-state index is -0.554. The van der Waals surface area contributed by atoms with Crippen molar-refractivity contribution in [2.24, 2.45) is 17.8 Å². The van der Waals surface area contributed by atoms with Gasteiger partial charge in [0.25, 0.3) is 0 Å². The van der Waals surface area contributed by atoms with E-state index < -0.39 is 5.79 Å². The lowest BCUT2D eigenvalue weighted by Crippen LogP contribution is -2.40. The van der Waals surface area contributed by atoms with Crippen molar-refractivity contribution in [2.45, 2.75) is 24.7 Å². The van der Waals surface area contributed by atoms with Crippen LogP contribution in [-0.4, -0.2) is 32.1 Å². The van der Waals surface area contributed by atoms with Crippen LogP contribution >= 0.6 is 0 Å². The molecule has 0 radical (unpaired) electrons. The molecule has 4 heteroatoms. The fraction of sp³-hybridized carbons (Fsp3) is 0.900. The van der Waals surface area contributed by atoms with E-state index in [0.717, 1.165) is 12.8 Å². The maximum atomic E-state index is 11.5. The van der Waals surface area contributed by atoms with Crippen LogP contribution in [0.1, 0.15) is 12.8 Å². The van der Waals surface area contributed by atoms with E-state index in [1.165, 1.54) is 0 Å². The molecule has 4 nitrogen and oxygen atoms in total. The molecule has 2 bridgehead atoms. The summed E-state index contributed by atoms with van der Waals surface area (Å²) in [5, 5.41) is 0. The first-order valence-electron chi connectivity index (χ1n) is 5.03. The van der Waals surface area contributed by atoms with Crippen molar-refractivity contribution in [1.29, 1.82) is 0 Å². The average molecular weight is 198 g/mol. The zero-order valence-corrected chi connectivity index (χ0v) is 8.36. The smallest absolute Gasteiger partial charge is 0.309 e. The second-order valence-corrected chi connectivity index (χ2v) is 4.41. The number of esters is 1. The molecule has 3 fully saturated rings. The third-order valence-electron chi connectivity index (χ3n) is 4.13. The normalized spacial score (nSPS) is 47.1. The molecule has 2 saturated carbocycles. The quantitative estimate of drug-likeness (QED) is 0.480. The van der Waals surface area contributed by atoms with Gasteiger partial charge in [-0.15, -0.1) is 0 Å². The van der Waals surface area contributed by atoms with Crippen molar-refractivity contribution in [1.82, 2.24) is 0 Å². The van der Waals surface area contributed by atoms with E-state index in [2.05, 4.69) is 0 Å². The average Bonchev–Trinajstić information content (AvgIpc) is 2.72. The Hall–Kier alpha value is -0.610. The highest BCUT2D eigenvalue weighted by molar-refractivity contribution is 5.77. The van der Waals surface area contributed by atoms with Crippen LogP contribution in [0.25, 0.3) is 0 Å². The summed E-state index contributed by atoms with van der Waals surface area (Å²) < 4.78 is 16.3. The molecule has 0 aromatic heterocycles. The molecular formula is C10H14O4. The Bertz CT molecular complexity index is 284. The maximum Gasteiger partial charge on any atom is 0.309 e. The van der Waals surface area contributed by atoms with Crippen LogP contribution in [0.15, 0.2) is 0 Å². The number of carbonyl (C=O) groups is 1. The van der Waals surface area contributed by atoms with Gasteiger partial charge in [-0.25, -0.2) is 0 Å². The highest BCUT2D eigenvalue weighted by Crippen LogP contribution is 2.61. The monoisotopic (exact) mass is 198 g/mol. The van der Waals surface area contributed by atoms with Crippen LogP contribution in [0, 0.1) is 17.8 Å². The lowest BCUT2D eigenvalue weighted by molar-refractivity contribution is -0.238. The van der Waals surface area contributed by atoms with Gasteiger partial charge in [0, 0.05) is 20.1 Å². The molecule has 1 aliphatic heterocycles. The number of ether oxygens (including phenoxy) is 3. The minimum absolute atomic E-state index is 0.0126. The molecule has 0 aromatic carbocycles. The molecule has 1 saturated heterocycles. The van der Waals surface area contributed by atoms with Crippen LogP contribution in [0.5, 0.6) is 0 Å². The first-order valence-corrected chi connectivity index (χ1v) is 5.03. The third-order valence-corrected chi connectivity index (χ3v) is 4.13. The number of hydrogen-bond donors (Lipinski definition) is 0. The minimum Gasteiger partial charge on any atom is -0.462 e. The Labute approximate surface area is 82.5 Å². The van der Waals surface area contributed by atoms with Crippen LogP contribution < -0.4 is 0 Å². The van der Waals surface area contributed by atoms with E-state index >= 15 is 0 Å². The fourth-order valence-corrected chi connectivity index (χ4v) is 3.67. The van der Waals surface area contributed by atoms with Crippen LogP contribution in [-0.2, 0) is 19.0 Å². The highest BCUT2D eigenvalue weighted by atomic mass is 16.7. The molecule has 4 atom stereocenters. The molecule has 4 unspecified atom stereocenters. The van der Waals surface area contributed by atoms with Gasteiger partial charge in [-0.2, -0.15) is 0 Å². The Morgan fingerprint density at radius 3 is 2.57 bits per heavy atom. The van der Waals surface area contributed by atoms with Gasteiger partial charge in [-0.1, -0.05) is 0 Å². The zero-order chi connectivity index (χ0) is 9.92. The largest absolute Gasteiger partial charge is 0.462 e. The molecule has 14 heavy (non-hydrogen) atoms. The Kier molecular flexibility index (Phi) is 1.55. The summed E-state index contributed by atoms with van der Waals surface area (Å²) in [6, 6.07) is 0. The van der Waals surface area contributed by atoms with E-state index in [-0.39, 0.29) is 23.9 Å². The van der Waals surface area contributed by atoms with Gasteiger partial charge in [0.1, 0.15) is 6.10 Å². The van der Waals surface area contributed by atoms with E-state index in [0.29, 0.717) is 5.92 Å². The van der Waals surface area contributed by atoms with E-state index in [1.807, 2.05) is 0 Å². The fourth-order valence-electron chi connectivity index (χ4n) is 3.67. The number of fused-ring (bicyclic) bond motifs is 1. The second-order valence-electron chi connectivity index (χ2n) is 4.41. The molecule has 78 valence electrons. The Morgan fingerprint density at radius 1 is 1.36 bits per heavy atom. The lowest BCUT2D eigenvalue weighted by Gasteiger charge is -2.30.